The molecule has 2 nitrogen and oxygen atoms in total. The van der Waals surface area contributed by atoms with Gasteiger partial charge in [0.1, 0.15) is 0 Å². The van der Waals surface area contributed by atoms with Crippen LogP contribution >= 0.6 is 0 Å². The molecule has 0 bridgehead atoms. The topological polar surface area (TPSA) is 18.5 Å². The molecule has 4 rings (SSSR count). The molecule has 3 aromatic carbocycles. The molecule has 0 saturated carbocycles. The van der Waals surface area contributed by atoms with Crippen molar-refractivity contribution in [3.8, 4) is 22.3 Å². The van der Waals surface area contributed by atoms with E-state index >= 15 is 0 Å². The fourth-order valence-corrected chi connectivity index (χ4v) is 4.67. The van der Waals surface area contributed by atoms with Crippen molar-refractivity contribution in [3.63, 3.8) is 0 Å². The highest BCUT2D eigenvalue weighted by atomic mass is 16.6. The van der Waals surface area contributed by atoms with Crippen LogP contribution in [-0.2, 0) is 14.7 Å². The van der Waals surface area contributed by atoms with E-state index in [-0.39, 0.29) is 17.1 Å². The van der Waals surface area contributed by atoms with Gasteiger partial charge in [-0.3, -0.25) is 0 Å². The minimum atomic E-state index is -0.427. The predicted molar refractivity (Wildman–Crippen MR) is 132 cm³/mol. The van der Waals surface area contributed by atoms with Gasteiger partial charge >= 0.3 is 7.12 Å². The molecule has 0 aliphatic heterocycles. The van der Waals surface area contributed by atoms with Crippen molar-refractivity contribution in [3.05, 3.63) is 77.9 Å². The highest BCUT2D eigenvalue weighted by molar-refractivity contribution is 6.61. The zero-order valence-corrected chi connectivity index (χ0v) is 19.8. The third kappa shape index (κ3) is 4.22. The summed E-state index contributed by atoms with van der Waals surface area (Å²) in [4.78, 5) is 0. The highest BCUT2D eigenvalue weighted by Gasteiger charge is 2.39. The first-order valence-corrected chi connectivity index (χ1v) is 11.2. The van der Waals surface area contributed by atoms with Gasteiger partial charge in [-0.05, 0) is 73.5 Å². The average molecular weight is 412 g/mol. The van der Waals surface area contributed by atoms with Crippen LogP contribution in [0.5, 0.6) is 0 Å². The van der Waals surface area contributed by atoms with Gasteiger partial charge in [0.05, 0.1) is 0 Å². The number of hydrogen-bond donors (Lipinski definition) is 0. The molecule has 0 saturated heterocycles. The Morgan fingerprint density at radius 3 is 2.06 bits per heavy atom. The second kappa shape index (κ2) is 7.96. The number of hydrogen-bond acceptors (Lipinski definition) is 2. The quantitative estimate of drug-likeness (QED) is 0.440. The standard InChI is InChI=1S/C28H33BO2/c1-19(2)30-29(31-27(3,4)5)21-17-23(20-13-9-8-10-14-20)26-24(18-21)22-15-11-12-16-25(22)28(26,6)7/h8-19H,1-7H3. The van der Waals surface area contributed by atoms with Crippen LogP contribution in [0.3, 0.4) is 0 Å². The Morgan fingerprint density at radius 2 is 1.42 bits per heavy atom. The Balaban J connectivity index is 1.98. The maximum absolute atomic E-state index is 6.40. The fourth-order valence-electron chi connectivity index (χ4n) is 4.67. The zero-order valence-electron chi connectivity index (χ0n) is 19.8. The predicted octanol–water partition coefficient (Wildman–Crippen LogP) is 6.60. The van der Waals surface area contributed by atoms with E-state index in [0.717, 1.165) is 5.46 Å². The molecule has 0 unspecified atom stereocenters. The summed E-state index contributed by atoms with van der Waals surface area (Å²) in [6, 6.07) is 24.0. The lowest BCUT2D eigenvalue weighted by molar-refractivity contribution is 0.0757. The van der Waals surface area contributed by atoms with E-state index in [9.17, 15) is 0 Å². The average Bonchev–Trinajstić information content (AvgIpc) is 2.94. The molecule has 3 heteroatoms. The third-order valence-electron chi connectivity index (χ3n) is 5.89. The largest absolute Gasteiger partial charge is 0.494 e. The SMILES string of the molecule is CC(C)OB(OC(C)(C)C)c1cc(-c2ccccc2)c2c(c1)-c1ccccc1C2(C)C. The van der Waals surface area contributed by atoms with Crippen molar-refractivity contribution in [2.45, 2.75) is 65.6 Å². The second-order valence-corrected chi connectivity index (χ2v) is 10.3. The molecule has 0 amide bonds. The summed E-state index contributed by atoms with van der Waals surface area (Å²) in [7, 11) is -0.427. The third-order valence-corrected chi connectivity index (χ3v) is 5.89. The number of fused-ring (bicyclic) bond motifs is 3. The molecule has 31 heavy (non-hydrogen) atoms. The summed E-state index contributed by atoms with van der Waals surface area (Å²) in [5.74, 6) is 0. The molecule has 0 spiro atoms. The van der Waals surface area contributed by atoms with E-state index in [2.05, 4.69) is 115 Å². The van der Waals surface area contributed by atoms with Gasteiger partial charge < -0.3 is 9.31 Å². The van der Waals surface area contributed by atoms with Gasteiger partial charge in [-0.2, -0.15) is 0 Å². The molecule has 1 aliphatic rings. The molecule has 0 fully saturated rings. The van der Waals surface area contributed by atoms with Gasteiger partial charge in [-0.15, -0.1) is 0 Å². The van der Waals surface area contributed by atoms with Crippen molar-refractivity contribution in [1.29, 1.82) is 0 Å². The normalized spacial score (nSPS) is 14.5. The summed E-state index contributed by atoms with van der Waals surface area (Å²) < 4.78 is 12.7. The van der Waals surface area contributed by atoms with E-state index in [1.807, 2.05) is 0 Å². The molecule has 1 aliphatic carbocycles. The van der Waals surface area contributed by atoms with Gasteiger partial charge in [-0.25, -0.2) is 0 Å². The van der Waals surface area contributed by atoms with Crippen molar-refractivity contribution in [2.75, 3.05) is 0 Å². The van der Waals surface area contributed by atoms with E-state index in [4.69, 9.17) is 9.31 Å². The first kappa shape index (κ1) is 21.9. The van der Waals surface area contributed by atoms with Crippen molar-refractivity contribution in [2.24, 2.45) is 0 Å². The Hall–Kier alpha value is -2.36. The molecule has 3 aromatic rings. The van der Waals surface area contributed by atoms with Crippen LogP contribution in [0, 0.1) is 0 Å². The van der Waals surface area contributed by atoms with Crippen LogP contribution in [0.1, 0.15) is 59.6 Å². The summed E-state index contributed by atoms with van der Waals surface area (Å²) in [6.45, 7) is 15.0. The molecular weight excluding hydrogens is 379 g/mol. The van der Waals surface area contributed by atoms with Crippen LogP contribution < -0.4 is 5.46 Å². The lowest BCUT2D eigenvalue weighted by Crippen LogP contribution is -2.44. The van der Waals surface area contributed by atoms with E-state index < -0.39 is 7.12 Å². The van der Waals surface area contributed by atoms with Crippen LogP contribution in [0.2, 0.25) is 0 Å². The van der Waals surface area contributed by atoms with Gasteiger partial charge in [0.15, 0.2) is 0 Å². The highest BCUT2D eigenvalue weighted by Crippen LogP contribution is 2.51. The van der Waals surface area contributed by atoms with E-state index in [0.29, 0.717) is 0 Å². The molecule has 160 valence electrons. The Morgan fingerprint density at radius 1 is 0.806 bits per heavy atom. The summed E-state index contributed by atoms with van der Waals surface area (Å²) in [6.07, 6.45) is 0.0597. The molecule has 0 heterocycles. The van der Waals surface area contributed by atoms with Gasteiger partial charge in [0, 0.05) is 17.1 Å². The minimum Gasteiger partial charge on any atom is -0.405 e. The molecule has 0 aromatic heterocycles. The monoisotopic (exact) mass is 412 g/mol. The summed E-state index contributed by atoms with van der Waals surface area (Å²) in [5, 5.41) is 0. The van der Waals surface area contributed by atoms with E-state index in [1.165, 1.54) is 33.4 Å². The maximum atomic E-state index is 6.40. The van der Waals surface area contributed by atoms with Crippen molar-refractivity contribution >= 4 is 12.6 Å². The fraction of sp³-hybridized carbons (Fsp3) is 0.357. The summed E-state index contributed by atoms with van der Waals surface area (Å²) >= 11 is 0. The Labute approximate surface area is 187 Å². The lowest BCUT2D eigenvalue weighted by Gasteiger charge is -2.29. The van der Waals surface area contributed by atoms with Crippen LogP contribution in [-0.4, -0.2) is 18.8 Å². The number of rotatable bonds is 5. The van der Waals surface area contributed by atoms with Gasteiger partial charge in [-0.1, -0.05) is 80.6 Å². The van der Waals surface area contributed by atoms with Gasteiger partial charge in [0.25, 0.3) is 0 Å². The smallest absolute Gasteiger partial charge is 0.405 e. The first-order valence-electron chi connectivity index (χ1n) is 11.2. The van der Waals surface area contributed by atoms with Crippen LogP contribution in [0.15, 0.2) is 66.7 Å². The maximum Gasteiger partial charge on any atom is 0.494 e. The second-order valence-electron chi connectivity index (χ2n) is 10.3. The molecule has 0 atom stereocenters. The Bertz CT molecular complexity index is 1080. The van der Waals surface area contributed by atoms with Crippen molar-refractivity contribution in [1.82, 2.24) is 0 Å². The van der Waals surface area contributed by atoms with E-state index in [1.54, 1.807) is 0 Å². The number of benzene rings is 3. The molecule has 0 N–H and O–H groups in total. The van der Waals surface area contributed by atoms with Crippen LogP contribution in [0.25, 0.3) is 22.3 Å². The lowest BCUT2D eigenvalue weighted by atomic mass is 9.72. The minimum absolute atomic E-state index is 0.0597. The first-order chi connectivity index (χ1) is 14.6. The van der Waals surface area contributed by atoms with Crippen LogP contribution in [0.4, 0.5) is 0 Å². The molecule has 0 radical (unpaired) electrons. The zero-order chi connectivity index (χ0) is 22.4. The summed E-state index contributed by atoms with van der Waals surface area (Å²) in [5.41, 5.74) is 8.49. The molecular formula is C28H33BO2. The van der Waals surface area contributed by atoms with Crippen molar-refractivity contribution < 1.29 is 9.31 Å². The Kier molecular flexibility index (Phi) is 5.62. The van der Waals surface area contributed by atoms with Gasteiger partial charge in [0.2, 0.25) is 0 Å².